The third-order valence-corrected chi connectivity index (χ3v) is 14.7. The van der Waals surface area contributed by atoms with E-state index in [1.54, 1.807) is 39.0 Å². The van der Waals surface area contributed by atoms with E-state index in [0.29, 0.717) is 22.3 Å². The molecule has 5 aliphatic rings. The Morgan fingerprint density at radius 3 is 2.14 bits per heavy atom. The third-order valence-electron chi connectivity index (χ3n) is 14.7. The van der Waals surface area contributed by atoms with Gasteiger partial charge in [-0.2, -0.15) is 5.06 Å². The summed E-state index contributed by atoms with van der Waals surface area (Å²) < 4.78 is 37.2. The Hall–Kier alpha value is -5.94. The second-order valence-electron chi connectivity index (χ2n) is 21.0. The van der Waals surface area contributed by atoms with Crippen LogP contribution in [0, 0.1) is 5.41 Å². The van der Waals surface area contributed by atoms with Gasteiger partial charge in [-0.25, -0.2) is 0 Å². The van der Waals surface area contributed by atoms with Crippen LogP contribution in [0.3, 0.4) is 0 Å². The molecular weight excluding hydrogens is 983 g/mol. The minimum atomic E-state index is -1.72. The predicted molar refractivity (Wildman–Crippen MR) is 271 cm³/mol. The molecule has 2 amide bonds. The smallest absolute Gasteiger partial charge is 0.327 e. The SMILES string of the molecule is CN(C(=O)[C@@]12C[C@H]3OC(=O)[C@@H]1N(Cc1cccc(C=CCO[C@H]4O[C@H](CO)[C@H](O)[C@H](O)[C@H]4O)c1)O[C@@H]2[C@H]1OC(c2ccccc2)(c2ccccc2)O[C@H]13)[C@H](Cc1ccccc1)C(=O)N[C@H](CO)CCC(=O)OC(C)(C)C. The van der Waals surface area contributed by atoms with Crippen LogP contribution in [0.1, 0.15) is 67.9 Å². The zero-order valence-electron chi connectivity index (χ0n) is 42.8. The average Bonchev–Trinajstić information content (AvgIpc) is 4.12. The number of hydroxylamine groups is 2. The molecule has 1 aliphatic carbocycles. The summed E-state index contributed by atoms with van der Waals surface area (Å²) in [6.45, 7) is 4.06. The molecule has 2 bridgehead atoms. The molecule has 4 heterocycles. The number of carbonyl (C=O) groups excluding carboxylic acids is 4. The largest absolute Gasteiger partial charge is 0.460 e. The first kappa shape index (κ1) is 54.8. The number of esters is 2. The number of fused-ring (bicyclic) bond motifs is 4. The molecule has 4 saturated heterocycles. The van der Waals surface area contributed by atoms with Crippen molar-refractivity contribution in [3.63, 3.8) is 0 Å². The van der Waals surface area contributed by atoms with E-state index in [0.717, 1.165) is 5.56 Å². The van der Waals surface area contributed by atoms with E-state index in [2.05, 4.69) is 5.32 Å². The van der Waals surface area contributed by atoms with Gasteiger partial charge in [0.2, 0.25) is 17.6 Å². The summed E-state index contributed by atoms with van der Waals surface area (Å²) in [7, 11) is 1.52. The summed E-state index contributed by atoms with van der Waals surface area (Å²) in [5.74, 6) is -3.92. The van der Waals surface area contributed by atoms with Crippen molar-refractivity contribution in [1.82, 2.24) is 15.3 Å². The molecule has 6 N–H and O–H groups in total. The topological polar surface area (TPSA) is 253 Å². The lowest BCUT2D eigenvalue weighted by Crippen LogP contribution is -2.70. The van der Waals surface area contributed by atoms with Gasteiger partial charge in [-0.1, -0.05) is 127 Å². The molecule has 76 heavy (non-hydrogen) atoms. The molecular formula is C57H67N3O16. The van der Waals surface area contributed by atoms with E-state index in [1.807, 2.05) is 109 Å². The van der Waals surface area contributed by atoms with E-state index < -0.39 is 127 Å². The summed E-state index contributed by atoms with van der Waals surface area (Å²) in [6, 6.07) is 31.8. The number of nitrogens with zero attached hydrogens (tertiary/aromatic N) is 2. The van der Waals surface area contributed by atoms with Crippen LogP contribution >= 0.6 is 0 Å². The Bertz CT molecular complexity index is 2650. The Kier molecular flexibility index (Phi) is 16.6. The number of benzene rings is 4. The highest BCUT2D eigenvalue weighted by Gasteiger charge is 2.77. The van der Waals surface area contributed by atoms with Gasteiger partial charge in [-0.3, -0.25) is 24.0 Å². The Morgan fingerprint density at radius 2 is 1.50 bits per heavy atom. The molecule has 19 nitrogen and oxygen atoms in total. The van der Waals surface area contributed by atoms with Crippen molar-refractivity contribution in [3.8, 4) is 0 Å². The van der Waals surface area contributed by atoms with Crippen LogP contribution in [-0.2, 0) is 71.2 Å². The molecule has 0 unspecified atom stereocenters. The molecule has 406 valence electrons. The van der Waals surface area contributed by atoms with Crippen LogP contribution in [0.15, 0.2) is 121 Å². The van der Waals surface area contributed by atoms with Crippen molar-refractivity contribution in [2.24, 2.45) is 5.41 Å². The van der Waals surface area contributed by atoms with Gasteiger partial charge in [0.15, 0.2) is 12.3 Å². The molecule has 4 aliphatic heterocycles. The minimum Gasteiger partial charge on any atom is -0.460 e. The van der Waals surface area contributed by atoms with Crippen LogP contribution in [0.4, 0.5) is 0 Å². The number of aliphatic hydroxyl groups is 5. The molecule has 5 fully saturated rings. The summed E-state index contributed by atoms with van der Waals surface area (Å²) >= 11 is 0. The van der Waals surface area contributed by atoms with Crippen molar-refractivity contribution in [2.45, 2.75) is 138 Å². The van der Waals surface area contributed by atoms with E-state index in [-0.39, 0.29) is 38.8 Å². The normalized spacial score (nSPS) is 29.5. The average molecular weight is 1050 g/mol. The van der Waals surface area contributed by atoms with Crippen molar-refractivity contribution < 1.29 is 78.0 Å². The van der Waals surface area contributed by atoms with Gasteiger partial charge in [0.05, 0.1) is 32.4 Å². The highest BCUT2D eigenvalue weighted by atomic mass is 16.8. The van der Waals surface area contributed by atoms with Gasteiger partial charge >= 0.3 is 11.9 Å². The number of hydrogen-bond donors (Lipinski definition) is 6. The first-order valence-corrected chi connectivity index (χ1v) is 25.7. The van der Waals surface area contributed by atoms with Crippen LogP contribution in [0.5, 0.6) is 0 Å². The van der Waals surface area contributed by atoms with Crippen molar-refractivity contribution in [3.05, 3.63) is 149 Å². The van der Waals surface area contributed by atoms with E-state index in [4.69, 9.17) is 33.3 Å². The quantitative estimate of drug-likeness (QED) is 0.0739. The number of likely N-dealkylation sites (N-methyl/N-ethyl adjacent to an activating group) is 1. The van der Waals surface area contributed by atoms with Gasteiger partial charge in [0.1, 0.15) is 65.9 Å². The maximum Gasteiger partial charge on any atom is 0.327 e. The zero-order chi connectivity index (χ0) is 53.9. The first-order valence-electron chi connectivity index (χ1n) is 25.7. The first-order chi connectivity index (χ1) is 36.5. The number of ether oxygens (including phenoxy) is 6. The number of hydrogen-bond acceptors (Lipinski definition) is 17. The maximum absolute atomic E-state index is 16.1. The summed E-state index contributed by atoms with van der Waals surface area (Å²) in [5, 5.41) is 55.2. The lowest BCUT2D eigenvalue weighted by Gasteiger charge is -2.50. The molecule has 4 aromatic rings. The second kappa shape index (κ2) is 23.0. The zero-order valence-corrected chi connectivity index (χ0v) is 42.8. The molecule has 0 aromatic heterocycles. The number of aliphatic hydroxyl groups excluding tert-OH is 5. The van der Waals surface area contributed by atoms with Crippen molar-refractivity contribution >= 4 is 29.8 Å². The minimum absolute atomic E-state index is 0.0206. The third kappa shape index (κ3) is 11.1. The van der Waals surface area contributed by atoms with Crippen molar-refractivity contribution in [2.75, 3.05) is 26.9 Å². The standard InChI is InChI=1S/C57H67N3O16/c1-55(2,3)73-43(63)26-25-39(32-61)58-51(67)40(29-35-16-8-5-9-17-35)59(4)54(69)56-30-41-47-48(75-57(74-47,37-21-10-6-11-22-37)38-23-12-7-13-24-38)50(56)76-60(49(56)52(68)71-41)31-36-19-14-18-34(28-36)20-15-27-70-53-46(66)45(65)44(64)42(33-62)72-53/h5-24,28,39-42,44-50,53,61-62,64-66H,25-27,29-33H2,1-4H3,(H,58,67)/t39-,40+,41+,42+,44-,45-,46+,47-,48-,49-,50+,53-,56-/m0/s1. The summed E-state index contributed by atoms with van der Waals surface area (Å²) in [4.78, 5) is 66.8. The molecule has 0 radical (unpaired) electrons. The number of nitrogens with one attached hydrogen (secondary N) is 1. The van der Waals surface area contributed by atoms with Crippen molar-refractivity contribution in [1.29, 1.82) is 0 Å². The van der Waals surface area contributed by atoms with Gasteiger partial charge in [0.25, 0.3) is 0 Å². The van der Waals surface area contributed by atoms with Crippen LogP contribution in [-0.4, -0.2) is 165 Å². The Morgan fingerprint density at radius 1 is 0.855 bits per heavy atom. The highest BCUT2D eigenvalue weighted by Crippen LogP contribution is 2.60. The fourth-order valence-corrected chi connectivity index (χ4v) is 11.1. The van der Waals surface area contributed by atoms with Crippen LogP contribution < -0.4 is 5.32 Å². The Balaban J connectivity index is 1.04. The van der Waals surface area contributed by atoms with Gasteiger partial charge in [0, 0.05) is 37.4 Å². The fraction of sp³-hybridized carbons (Fsp3) is 0.474. The van der Waals surface area contributed by atoms with E-state index >= 15 is 4.79 Å². The van der Waals surface area contributed by atoms with Crippen LogP contribution in [0.2, 0.25) is 0 Å². The van der Waals surface area contributed by atoms with Gasteiger partial charge in [-0.05, 0) is 43.9 Å². The fourth-order valence-electron chi connectivity index (χ4n) is 11.1. The summed E-state index contributed by atoms with van der Waals surface area (Å²) in [6.07, 6.45) is -7.83. The number of amides is 2. The highest BCUT2D eigenvalue weighted by molar-refractivity contribution is 5.96. The molecule has 0 spiro atoms. The number of carbonyl (C=O) groups is 4. The maximum atomic E-state index is 16.1. The molecule has 13 atom stereocenters. The lowest BCUT2D eigenvalue weighted by atomic mass is 9.62. The molecule has 1 saturated carbocycles. The monoisotopic (exact) mass is 1050 g/mol. The molecule has 4 aromatic carbocycles. The van der Waals surface area contributed by atoms with Gasteiger partial charge < -0.3 is 64.2 Å². The predicted octanol–water partition coefficient (Wildman–Crippen LogP) is 2.67. The second-order valence-corrected chi connectivity index (χ2v) is 21.0. The van der Waals surface area contributed by atoms with E-state index in [1.165, 1.54) is 17.0 Å². The lowest BCUT2D eigenvalue weighted by molar-refractivity contribution is -0.298. The molecule has 9 rings (SSSR count). The Labute approximate surface area is 440 Å². The number of rotatable bonds is 19. The van der Waals surface area contributed by atoms with Gasteiger partial charge in [-0.15, -0.1) is 0 Å². The van der Waals surface area contributed by atoms with E-state index in [9.17, 15) is 39.9 Å². The summed E-state index contributed by atoms with van der Waals surface area (Å²) in [5.41, 5.74) is 0.979. The molecule has 19 heteroatoms. The van der Waals surface area contributed by atoms with Crippen LogP contribution in [0.25, 0.3) is 6.08 Å².